The van der Waals surface area contributed by atoms with Crippen molar-refractivity contribution in [1.82, 2.24) is 14.9 Å². The smallest absolute Gasteiger partial charge is 0.229 e. The Morgan fingerprint density at radius 1 is 1.07 bits per heavy atom. The van der Waals surface area contributed by atoms with E-state index in [2.05, 4.69) is 56.1 Å². The number of aryl methyl sites for hydroxylation is 1. The monoisotopic (exact) mass is 394 g/mol. The van der Waals surface area contributed by atoms with E-state index in [0.717, 1.165) is 51.3 Å². The molecule has 7 nitrogen and oxygen atoms in total. The molecule has 7 heteroatoms. The van der Waals surface area contributed by atoms with Gasteiger partial charge in [-0.2, -0.15) is 0 Å². The topological polar surface area (TPSA) is 64.6 Å². The summed E-state index contributed by atoms with van der Waals surface area (Å²) in [7, 11) is 2.17. The maximum Gasteiger partial charge on any atom is 0.229 e. The zero-order valence-electron chi connectivity index (χ0n) is 17.3. The number of carbonyl (C=O) groups excluding carboxylic acids is 1. The van der Waals surface area contributed by atoms with Crippen molar-refractivity contribution in [2.45, 2.75) is 19.8 Å². The van der Waals surface area contributed by atoms with Crippen LogP contribution in [-0.4, -0.2) is 67.1 Å². The third kappa shape index (κ3) is 4.67. The molecule has 0 bridgehead atoms. The predicted molar refractivity (Wildman–Crippen MR) is 116 cm³/mol. The molecule has 2 aliphatic heterocycles. The molecule has 2 fully saturated rings. The minimum Gasteiger partial charge on any atom is -0.369 e. The highest BCUT2D eigenvalue weighted by molar-refractivity contribution is 5.93. The maximum atomic E-state index is 12.9. The summed E-state index contributed by atoms with van der Waals surface area (Å²) in [5.74, 6) is 0.736. The molecule has 2 aromatic rings. The van der Waals surface area contributed by atoms with Gasteiger partial charge in [-0.15, -0.1) is 0 Å². The molecule has 3 heterocycles. The van der Waals surface area contributed by atoms with E-state index in [1.807, 2.05) is 12.1 Å². The number of likely N-dealkylation sites (N-methyl/N-ethyl adjacent to an activating group) is 1. The number of hydrogen-bond acceptors (Lipinski definition) is 6. The van der Waals surface area contributed by atoms with Crippen LogP contribution in [0.1, 0.15) is 18.4 Å². The second-order valence-electron chi connectivity index (χ2n) is 8.11. The number of aromatic nitrogens is 2. The first-order chi connectivity index (χ1) is 14.1. The van der Waals surface area contributed by atoms with Crippen LogP contribution in [-0.2, 0) is 4.79 Å². The van der Waals surface area contributed by atoms with Crippen LogP contribution in [0, 0.1) is 12.8 Å². The highest BCUT2D eigenvalue weighted by atomic mass is 16.1. The number of amides is 1. The van der Waals surface area contributed by atoms with Crippen molar-refractivity contribution >= 4 is 23.2 Å². The van der Waals surface area contributed by atoms with Gasteiger partial charge >= 0.3 is 0 Å². The normalized spacial score (nSPS) is 20.6. The Morgan fingerprint density at radius 2 is 1.83 bits per heavy atom. The molecular weight excluding hydrogens is 364 g/mol. The first-order valence-electron chi connectivity index (χ1n) is 10.5. The molecule has 1 amide bonds. The van der Waals surface area contributed by atoms with E-state index in [1.165, 1.54) is 11.3 Å². The number of nitrogens with one attached hydrogen (secondary N) is 1. The summed E-state index contributed by atoms with van der Waals surface area (Å²) in [5.41, 5.74) is 3.34. The highest BCUT2D eigenvalue weighted by Gasteiger charge is 2.27. The van der Waals surface area contributed by atoms with Crippen molar-refractivity contribution in [1.29, 1.82) is 0 Å². The first-order valence-corrected chi connectivity index (χ1v) is 10.5. The molecule has 4 rings (SSSR count). The second-order valence-corrected chi connectivity index (χ2v) is 8.11. The number of hydrogen-bond donors (Lipinski definition) is 1. The standard InChI is InChI=1S/C22H30N6O/c1-17-15-19(6-7-20(17)27-13-11-26(2)12-14-27)25-21(29)18-5-3-10-28(16-18)22-23-8-4-9-24-22/h4,6-9,15,18H,3,5,10-14,16H2,1-2H3,(H,25,29). The Morgan fingerprint density at radius 3 is 2.55 bits per heavy atom. The van der Waals surface area contributed by atoms with Crippen molar-refractivity contribution in [3.63, 3.8) is 0 Å². The second kappa shape index (κ2) is 8.78. The number of rotatable bonds is 4. The van der Waals surface area contributed by atoms with Crippen LogP contribution in [0.3, 0.4) is 0 Å². The molecule has 1 unspecified atom stereocenters. The largest absolute Gasteiger partial charge is 0.369 e. The molecule has 1 atom stereocenters. The fourth-order valence-corrected chi connectivity index (χ4v) is 4.21. The van der Waals surface area contributed by atoms with Gasteiger partial charge in [0.2, 0.25) is 11.9 Å². The molecule has 0 aliphatic carbocycles. The molecule has 0 radical (unpaired) electrons. The average Bonchev–Trinajstić information content (AvgIpc) is 2.75. The Labute approximate surface area is 172 Å². The molecule has 2 aliphatic rings. The van der Waals surface area contributed by atoms with E-state index >= 15 is 0 Å². The van der Waals surface area contributed by atoms with E-state index in [9.17, 15) is 4.79 Å². The molecule has 0 spiro atoms. The zero-order chi connectivity index (χ0) is 20.2. The van der Waals surface area contributed by atoms with Gasteiger partial charge in [-0.25, -0.2) is 9.97 Å². The van der Waals surface area contributed by atoms with Crippen LogP contribution in [0.2, 0.25) is 0 Å². The van der Waals surface area contributed by atoms with Gasteiger partial charge in [0, 0.05) is 63.0 Å². The van der Waals surface area contributed by atoms with Crippen LogP contribution in [0.25, 0.3) is 0 Å². The van der Waals surface area contributed by atoms with Gasteiger partial charge in [-0.3, -0.25) is 4.79 Å². The molecule has 1 aromatic heterocycles. The number of benzene rings is 1. The van der Waals surface area contributed by atoms with Gasteiger partial charge in [0.05, 0.1) is 5.92 Å². The summed E-state index contributed by atoms with van der Waals surface area (Å²) in [4.78, 5) is 28.4. The summed E-state index contributed by atoms with van der Waals surface area (Å²) in [6, 6.07) is 8.07. The molecule has 0 saturated carbocycles. The number of carbonyl (C=O) groups is 1. The predicted octanol–water partition coefficient (Wildman–Crippen LogP) is 2.39. The Hall–Kier alpha value is -2.67. The Bertz CT molecular complexity index is 834. The molecule has 29 heavy (non-hydrogen) atoms. The first kappa shape index (κ1) is 19.6. The van der Waals surface area contributed by atoms with E-state index in [4.69, 9.17) is 0 Å². The van der Waals surface area contributed by atoms with Crippen molar-refractivity contribution in [2.24, 2.45) is 5.92 Å². The quantitative estimate of drug-likeness (QED) is 0.859. The third-order valence-corrected chi connectivity index (χ3v) is 5.94. The maximum absolute atomic E-state index is 12.9. The van der Waals surface area contributed by atoms with Crippen LogP contribution >= 0.6 is 0 Å². The van der Waals surface area contributed by atoms with Crippen LogP contribution in [0.15, 0.2) is 36.7 Å². The lowest BCUT2D eigenvalue weighted by molar-refractivity contribution is -0.120. The van der Waals surface area contributed by atoms with Gasteiger partial charge in [-0.05, 0) is 56.6 Å². The van der Waals surface area contributed by atoms with Crippen molar-refractivity contribution < 1.29 is 4.79 Å². The lowest BCUT2D eigenvalue weighted by Crippen LogP contribution is -2.44. The van der Waals surface area contributed by atoms with E-state index in [1.54, 1.807) is 12.4 Å². The number of piperidine rings is 1. The molecule has 154 valence electrons. The van der Waals surface area contributed by atoms with Gasteiger partial charge < -0.3 is 20.0 Å². The van der Waals surface area contributed by atoms with Crippen LogP contribution in [0.4, 0.5) is 17.3 Å². The Balaban J connectivity index is 1.38. The van der Waals surface area contributed by atoms with Crippen molar-refractivity contribution in [3.8, 4) is 0 Å². The van der Waals surface area contributed by atoms with Gasteiger partial charge in [0.25, 0.3) is 0 Å². The van der Waals surface area contributed by atoms with Crippen molar-refractivity contribution in [2.75, 3.05) is 61.4 Å². The number of nitrogens with zero attached hydrogens (tertiary/aromatic N) is 5. The SMILES string of the molecule is Cc1cc(NC(=O)C2CCCN(c3ncccn3)C2)ccc1N1CCN(C)CC1. The molecule has 1 aromatic carbocycles. The summed E-state index contributed by atoms with van der Waals surface area (Å²) in [6.07, 6.45) is 5.36. The van der Waals surface area contributed by atoms with Gasteiger partial charge in [0.1, 0.15) is 0 Å². The molecular formula is C22H30N6O. The van der Waals surface area contributed by atoms with Crippen LogP contribution < -0.4 is 15.1 Å². The molecule has 1 N–H and O–H groups in total. The summed E-state index contributed by atoms with van der Waals surface area (Å²) >= 11 is 0. The lowest BCUT2D eigenvalue weighted by atomic mass is 9.97. The lowest BCUT2D eigenvalue weighted by Gasteiger charge is -2.35. The summed E-state index contributed by atoms with van der Waals surface area (Å²) in [6.45, 7) is 7.94. The van der Waals surface area contributed by atoms with E-state index in [0.29, 0.717) is 12.5 Å². The van der Waals surface area contributed by atoms with Crippen LogP contribution in [0.5, 0.6) is 0 Å². The fourth-order valence-electron chi connectivity index (χ4n) is 4.21. The van der Waals surface area contributed by atoms with Gasteiger partial charge in [-0.1, -0.05) is 0 Å². The number of anilines is 3. The summed E-state index contributed by atoms with van der Waals surface area (Å²) < 4.78 is 0. The van der Waals surface area contributed by atoms with Crippen molar-refractivity contribution in [3.05, 3.63) is 42.2 Å². The number of piperazine rings is 1. The minimum atomic E-state index is -0.0508. The average molecular weight is 395 g/mol. The minimum absolute atomic E-state index is 0.0508. The summed E-state index contributed by atoms with van der Waals surface area (Å²) in [5, 5.41) is 3.13. The Kier molecular flexibility index (Phi) is 5.94. The fraction of sp³-hybridized carbons (Fsp3) is 0.500. The van der Waals surface area contributed by atoms with E-state index in [-0.39, 0.29) is 11.8 Å². The zero-order valence-corrected chi connectivity index (χ0v) is 17.3. The third-order valence-electron chi connectivity index (χ3n) is 5.94. The van der Waals surface area contributed by atoms with E-state index < -0.39 is 0 Å². The highest BCUT2D eigenvalue weighted by Crippen LogP contribution is 2.26. The van der Waals surface area contributed by atoms with Gasteiger partial charge in [0.15, 0.2) is 0 Å². The molecule has 2 saturated heterocycles.